The van der Waals surface area contributed by atoms with Gasteiger partial charge in [0.1, 0.15) is 0 Å². The maximum atomic E-state index is 6.02. The first kappa shape index (κ1) is 10.1. The Labute approximate surface area is 93.6 Å². The van der Waals surface area contributed by atoms with Crippen molar-refractivity contribution >= 4 is 0 Å². The van der Waals surface area contributed by atoms with E-state index in [1.165, 1.54) is 25.7 Å². The molecule has 0 amide bonds. The molecular weight excluding hydrogens is 184 g/mol. The summed E-state index contributed by atoms with van der Waals surface area (Å²) in [6.07, 6.45) is 6.10. The van der Waals surface area contributed by atoms with Gasteiger partial charge in [0.2, 0.25) is 0 Å². The summed E-state index contributed by atoms with van der Waals surface area (Å²) in [5.41, 5.74) is 0.714. The van der Waals surface area contributed by atoms with Gasteiger partial charge in [-0.3, -0.25) is 0 Å². The molecule has 1 heterocycles. The molecule has 6 unspecified atom stereocenters. The smallest absolute Gasteiger partial charge is 0.0976 e. The molecule has 2 saturated carbocycles. The van der Waals surface area contributed by atoms with Gasteiger partial charge in [0.05, 0.1) is 11.7 Å². The van der Waals surface area contributed by atoms with Gasteiger partial charge in [-0.2, -0.15) is 0 Å². The Kier molecular flexibility index (Phi) is 1.89. The number of ether oxygens (including phenoxy) is 1. The van der Waals surface area contributed by atoms with E-state index in [1.807, 2.05) is 0 Å². The molecule has 0 aromatic rings. The lowest BCUT2D eigenvalue weighted by Gasteiger charge is -2.52. The second kappa shape index (κ2) is 2.80. The van der Waals surface area contributed by atoms with Crippen molar-refractivity contribution in [2.45, 2.75) is 65.1 Å². The van der Waals surface area contributed by atoms with Gasteiger partial charge >= 0.3 is 0 Å². The minimum absolute atomic E-state index is 0.240. The minimum Gasteiger partial charge on any atom is -0.366 e. The average Bonchev–Trinajstić information content (AvgIpc) is 2.87. The van der Waals surface area contributed by atoms with Crippen molar-refractivity contribution in [3.8, 4) is 0 Å². The van der Waals surface area contributed by atoms with Crippen molar-refractivity contribution < 1.29 is 4.74 Å². The maximum Gasteiger partial charge on any atom is 0.0976 e. The second-order valence-corrected chi connectivity index (χ2v) is 6.69. The lowest BCUT2D eigenvalue weighted by molar-refractivity contribution is -0.0386. The zero-order valence-corrected chi connectivity index (χ0v) is 10.5. The molecule has 0 aromatic carbocycles. The van der Waals surface area contributed by atoms with E-state index in [2.05, 4.69) is 27.7 Å². The molecule has 1 nitrogen and oxygen atoms in total. The van der Waals surface area contributed by atoms with E-state index in [4.69, 9.17) is 4.74 Å². The van der Waals surface area contributed by atoms with Crippen LogP contribution in [0.4, 0.5) is 0 Å². The van der Waals surface area contributed by atoms with Crippen molar-refractivity contribution in [3.05, 3.63) is 0 Å². The van der Waals surface area contributed by atoms with Crippen LogP contribution in [0.2, 0.25) is 0 Å². The van der Waals surface area contributed by atoms with E-state index in [9.17, 15) is 0 Å². The highest BCUT2D eigenvalue weighted by Gasteiger charge is 2.69. The molecule has 0 bridgehead atoms. The van der Waals surface area contributed by atoms with Gasteiger partial charge in [-0.05, 0) is 50.4 Å². The molecule has 3 aliphatic rings. The van der Waals surface area contributed by atoms with Gasteiger partial charge in [-0.15, -0.1) is 0 Å². The van der Waals surface area contributed by atoms with Crippen molar-refractivity contribution in [2.75, 3.05) is 0 Å². The Morgan fingerprint density at radius 1 is 1.07 bits per heavy atom. The molecule has 3 fully saturated rings. The molecule has 15 heavy (non-hydrogen) atoms. The molecule has 6 atom stereocenters. The first-order valence-electron chi connectivity index (χ1n) is 6.67. The Balaban J connectivity index is 1.94. The first-order valence-corrected chi connectivity index (χ1v) is 6.67. The molecule has 0 aromatic heterocycles. The molecule has 1 saturated heterocycles. The summed E-state index contributed by atoms with van der Waals surface area (Å²) >= 11 is 0. The second-order valence-electron chi connectivity index (χ2n) is 6.69. The fourth-order valence-electron chi connectivity index (χ4n) is 4.58. The van der Waals surface area contributed by atoms with Crippen LogP contribution in [-0.4, -0.2) is 11.7 Å². The molecule has 86 valence electrons. The third kappa shape index (κ3) is 1.08. The Morgan fingerprint density at radius 3 is 2.53 bits per heavy atom. The third-order valence-electron chi connectivity index (χ3n) is 6.29. The van der Waals surface area contributed by atoms with Gasteiger partial charge in [-0.1, -0.05) is 20.8 Å². The van der Waals surface area contributed by atoms with Crippen molar-refractivity contribution in [2.24, 2.45) is 23.2 Å². The molecule has 2 aliphatic carbocycles. The van der Waals surface area contributed by atoms with Crippen LogP contribution < -0.4 is 0 Å². The maximum absolute atomic E-state index is 6.02. The Bertz CT molecular complexity index is 287. The number of epoxide rings is 1. The average molecular weight is 208 g/mol. The van der Waals surface area contributed by atoms with E-state index >= 15 is 0 Å². The monoisotopic (exact) mass is 208 g/mol. The van der Waals surface area contributed by atoms with Gasteiger partial charge < -0.3 is 4.74 Å². The SMILES string of the molecule is CC1CCC2(C)C(CCC3OC32C)C1C. The molecule has 0 N–H and O–H groups in total. The van der Waals surface area contributed by atoms with Gasteiger partial charge in [-0.25, -0.2) is 0 Å². The van der Waals surface area contributed by atoms with Gasteiger partial charge in [0, 0.05) is 5.41 Å². The number of hydrogen-bond acceptors (Lipinski definition) is 1. The summed E-state index contributed by atoms with van der Waals surface area (Å²) in [5, 5.41) is 0. The van der Waals surface area contributed by atoms with Crippen molar-refractivity contribution in [1.82, 2.24) is 0 Å². The molecule has 0 radical (unpaired) electrons. The third-order valence-corrected chi connectivity index (χ3v) is 6.29. The van der Waals surface area contributed by atoms with E-state index in [-0.39, 0.29) is 5.60 Å². The Hall–Kier alpha value is -0.0400. The quantitative estimate of drug-likeness (QED) is 0.554. The van der Waals surface area contributed by atoms with Gasteiger partial charge in [0.25, 0.3) is 0 Å². The van der Waals surface area contributed by atoms with Crippen LogP contribution in [0.3, 0.4) is 0 Å². The zero-order valence-electron chi connectivity index (χ0n) is 10.5. The summed E-state index contributed by atoms with van der Waals surface area (Å²) in [6.45, 7) is 9.77. The highest BCUT2D eigenvalue weighted by molar-refractivity contribution is 5.17. The Morgan fingerprint density at radius 2 is 1.80 bits per heavy atom. The van der Waals surface area contributed by atoms with Crippen LogP contribution in [-0.2, 0) is 4.74 Å². The molecule has 1 heteroatoms. The summed E-state index contributed by atoms with van der Waals surface area (Å²) < 4.78 is 6.02. The van der Waals surface area contributed by atoms with Crippen LogP contribution in [0.1, 0.15) is 53.4 Å². The largest absolute Gasteiger partial charge is 0.366 e. The molecular formula is C14H24O. The highest BCUT2D eigenvalue weighted by Crippen LogP contribution is 2.66. The predicted octanol–water partition coefficient (Wildman–Crippen LogP) is 3.63. The summed E-state index contributed by atoms with van der Waals surface area (Å²) in [5.74, 6) is 2.72. The lowest BCUT2D eigenvalue weighted by Crippen LogP contribution is -2.51. The number of rotatable bonds is 0. The van der Waals surface area contributed by atoms with Crippen molar-refractivity contribution in [1.29, 1.82) is 0 Å². The standard InChI is InChI=1S/C14H24O/c1-9-7-8-13(3)11(10(9)2)5-6-12-14(13,4)15-12/h9-12H,5-8H2,1-4H3. The first-order chi connectivity index (χ1) is 6.99. The zero-order chi connectivity index (χ0) is 10.8. The fraction of sp³-hybridized carbons (Fsp3) is 1.00. The minimum atomic E-state index is 0.240. The van der Waals surface area contributed by atoms with Crippen LogP contribution in [0.15, 0.2) is 0 Å². The molecule has 0 spiro atoms. The highest BCUT2D eigenvalue weighted by atomic mass is 16.6. The van der Waals surface area contributed by atoms with E-state index in [0.717, 1.165) is 17.8 Å². The van der Waals surface area contributed by atoms with Crippen LogP contribution in [0.25, 0.3) is 0 Å². The van der Waals surface area contributed by atoms with E-state index < -0.39 is 0 Å². The predicted molar refractivity (Wildman–Crippen MR) is 61.7 cm³/mol. The van der Waals surface area contributed by atoms with Crippen LogP contribution in [0.5, 0.6) is 0 Å². The fourth-order valence-corrected chi connectivity index (χ4v) is 4.58. The summed E-state index contributed by atoms with van der Waals surface area (Å²) in [6, 6.07) is 0. The molecule has 3 rings (SSSR count). The van der Waals surface area contributed by atoms with Gasteiger partial charge in [0.15, 0.2) is 0 Å². The normalized spacial score (nSPS) is 63.2. The summed E-state index contributed by atoms with van der Waals surface area (Å²) in [4.78, 5) is 0. The van der Waals surface area contributed by atoms with Crippen LogP contribution in [0, 0.1) is 23.2 Å². The number of fused-ring (bicyclic) bond motifs is 3. The lowest BCUT2D eigenvalue weighted by atomic mass is 9.51. The topological polar surface area (TPSA) is 12.5 Å². The summed E-state index contributed by atoms with van der Waals surface area (Å²) in [7, 11) is 0. The van der Waals surface area contributed by atoms with E-state index in [1.54, 1.807) is 0 Å². The van der Waals surface area contributed by atoms with E-state index in [0.29, 0.717) is 11.5 Å². The molecule has 1 aliphatic heterocycles. The van der Waals surface area contributed by atoms with Crippen molar-refractivity contribution in [3.63, 3.8) is 0 Å². The van der Waals surface area contributed by atoms with Crippen LogP contribution >= 0.6 is 0 Å². The number of hydrogen-bond donors (Lipinski definition) is 0.